The molecule has 10 aromatic rings. The summed E-state index contributed by atoms with van der Waals surface area (Å²) >= 11 is 0. The van der Waals surface area contributed by atoms with Crippen LogP contribution in [0.15, 0.2) is 217 Å². The predicted molar refractivity (Wildman–Crippen MR) is 228 cm³/mol. The van der Waals surface area contributed by atoms with Crippen LogP contribution in [-0.2, 0) is 0 Å². The Hall–Kier alpha value is -7.16. The van der Waals surface area contributed by atoms with Gasteiger partial charge in [0.05, 0.1) is 5.69 Å². The highest BCUT2D eigenvalue weighted by atomic mass is 16.3. The molecule has 254 valence electrons. The smallest absolute Gasteiger partial charge is 0.135 e. The second kappa shape index (κ2) is 13.4. The van der Waals surface area contributed by atoms with Crippen molar-refractivity contribution < 1.29 is 4.42 Å². The first-order chi connectivity index (χ1) is 26.8. The minimum Gasteiger partial charge on any atom is -0.456 e. The standard InChI is InChI=1S/C52H35NO/c1-3-12-36(13-4-1)38-22-27-43(28-23-38)53(44-29-24-39(25-30-44)37-14-5-2-6-15-37)50-32-31-45(46-18-7-8-19-47(46)50)42-17-11-16-40(34-42)41-26-33-52-49(35-41)48-20-9-10-21-51(48)54-52/h1-35H. The summed E-state index contributed by atoms with van der Waals surface area (Å²) in [5.74, 6) is 0. The van der Waals surface area contributed by atoms with Crippen molar-refractivity contribution in [1.29, 1.82) is 0 Å². The lowest BCUT2D eigenvalue weighted by atomic mass is 9.93. The van der Waals surface area contributed by atoms with Crippen molar-refractivity contribution in [3.8, 4) is 44.5 Å². The minimum atomic E-state index is 0.909. The Morgan fingerprint density at radius 2 is 0.759 bits per heavy atom. The van der Waals surface area contributed by atoms with Crippen LogP contribution in [-0.4, -0.2) is 0 Å². The van der Waals surface area contributed by atoms with E-state index < -0.39 is 0 Å². The van der Waals surface area contributed by atoms with Gasteiger partial charge in [0.25, 0.3) is 0 Å². The molecule has 0 saturated heterocycles. The molecule has 9 aromatic carbocycles. The van der Waals surface area contributed by atoms with Crippen LogP contribution in [0.25, 0.3) is 77.2 Å². The van der Waals surface area contributed by atoms with E-state index in [1.165, 1.54) is 55.3 Å². The molecular formula is C52H35NO. The summed E-state index contributed by atoms with van der Waals surface area (Å²) in [6.45, 7) is 0. The van der Waals surface area contributed by atoms with E-state index in [2.05, 4.69) is 205 Å². The molecule has 0 atom stereocenters. The fourth-order valence-corrected chi connectivity index (χ4v) is 7.80. The maximum atomic E-state index is 6.13. The van der Waals surface area contributed by atoms with Crippen LogP contribution in [0.4, 0.5) is 17.1 Å². The van der Waals surface area contributed by atoms with E-state index in [0.29, 0.717) is 0 Å². The van der Waals surface area contributed by atoms with Crippen LogP contribution < -0.4 is 4.90 Å². The zero-order valence-corrected chi connectivity index (χ0v) is 29.6. The molecule has 0 aliphatic heterocycles. The molecule has 0 radical (unpaired) electrons. The number of rotatable bonds is 7. The van der Waals surface area contributed by atoms with Crippen LogP contribution >= 0.6 is 0 Å². The zero-order chi connectivity index (χ0) is 35.8. The topological polar surface area (TPSA) is 16.4 Å². The fourth-order valence-electron chi connectivity index (χ4n) is 7.80. The first kappa shape index (κ1) is 31.6. The van der Waals surface area contributed by atoms with E-state index in [0.717, 1.165) is 39.0 Å². The van der Waals surface area contributed by atoms with Crippen LogP contribution in [0.1, 0.15) is 0 Å². The van der Waals surface area contributed by atoms with Gasteiger partial charge in [-0.15, -0.1) is 0 Å². The second-order valence-electron chi connectivity index (χ2n) is 13.7. The molecule has 2 heteroatoms. The summed E-state index contributed by atoms with van der Waals surface area (Å²) in [6, 6.07) is 76.0. The van der Waals surface area contributed by atoms with Crippen molar-refractivity contribution in [3.05, 3.63) is 212 Å². The first-order valence-electron chi connectivity index (χ1n) is 18.4. The fraction of sp³-hybridized carbons (Fsp3) is 0. The quantitative estimate of drug-likeness (QED) is 0.166. The van der Waals surface area contributed by atoms with Gasteiger partial charge < -0.3 is 9.32 Å². The Labute approximate surface area is 314 Å². The maximum absolute atomic E-state index is 6.13. The van der Waals surface area contributed by atoms with E-state index >= 15 is 0 Å². The highest BCUT2D eigenvalue weighted by molar-refractivity contribution is 6.08. The number of hydrogen-bond donors (Lipinski definition) is 0. The van der Waals surface area contributed by atoms with Gasteiger partial charge in [-0.1, -0.05) is 158 Å². The SMILES string of the molecule is c1ccc(-c2ccc(N(c3ccc(-c4ccccc4)cc3)c3ccc(-c4cccc(-c5ccc6oc7ccccc7c6c5)c4)c4ccccc34)cc2)cc1. The molecule has 0 aliphatic carbocycles. The highest BCUT2D eigenvalue weighted by Crippen LogP contribution is 2.43. The first-order valence-corrected chi connectivity index (χ1v) is 18.4. The zero-order valence-electron chi connectivity index (χ0n) is 29.6. The average Bonchev–Trinajstić information content (AvgIpc) is 3.63. The van der Waals surface area contributed by atoms with Gasteiger partial charge >= 0.3 is 0 Å². The van der Waals surface area contributed by atoms with Crippen molar-refractivity contribution in [2.24, 2.45) is 0 Å². The summed E-state index contributed by atoms with van der Waals surface area (Å²) < 4.78 is 6.13. The molecule has 54 heavy (non-hydrogen) atoms. The lowest BCUT2D eigenvalue weighted by Gasteiger charge is -2.28. The summed E-state index contributed by atoms with van der Waals surface area (Å²) in [6.07, 6.45) is 0. The second-order valence-corrected chi connectivity index (χ2v) is 13.7. The number of para-hydroxylation sites is 1. The van der Waals surface area contributed by atoms with Gasteiger partial charge in [-0.05, 0) is 104 Å². The van der Waals surface area contributed by atoms with Gasteiger partial charge in [0.15, 0.2) is 0 Å². The van der Waals surface area contributed by atoms with Crippen molar-refractivity contribution in [1.82, 2.24) is 0 Å². The molecule has 0 fully saturated rings. The monoisotopic (exact) mass is 689 g/mol. The van der Waals surface area contributed by atoms with E-state index in [9.17, 15) is 0 Å². The van der Waals surface area contributed by atoms with Crippen molar-refractivity contribution in [2.45, 2.75) is 0 Å². The van der Waals surface area contributed by atoms with Crippen molar-refractivity contribution in [3.63, 3.8) is 0 Å². The van der Waals surface area contributed by atoms with Gasteiger partial charge in [0.2, 0.25) is 0 Å². The van der Waals surface area contributed by atoms with Gasteiger partial charge in [-0.25, -0.2) is 0 Å². The normalized spacial score (nSPS) is 11.3. The molecule has 0 bridgehead atoms. The number of furan rings is 1. The Bertz CT molecular complexity index is 2820. The summed E-state index contributed by atoms with van der Waals surface area (Å²) in [7, 11) is 0. The third-order valence-electron chi connectivity index (χ3n) is 10.5. The van der Waals surface area contributed by atoms with E-state index in [4.69, 9.17) is 4.42 Å². The molecule has 2 nitrogen and oxygen atoms in total. The molecule has 0 amide bonds. The number of anilines is 3. The van der Waals surface area contributed by atoms with Crippen LogP contribution in [0, 0.1) is 0 Å². The molecule has 10 rings (SSSR count). The summed E-state index contributed by atoms with van der Waals surface area (Å²) in [5, 5.41) is 4.67. The predicted octanol–water partition coefficient (Wildman–Crippen LogP) is 14.9. The van der Waals surface area contributed by atoms with Crippen LogP contribution in [0.2, 0.25) is 0 Å². The molecular weight excluding hydrogens is 655 g/mol. The lowest BCUT2D eigenvalue weighted by molar-refractivity contribution is 0.669. The van der Waals surface area contributed by atoms with Gasteiger partial charge in [-0.2, -0.15) is 0 Å². The maximum Gasteiger partial charge on any atom is 0.135 e. The van der Waals surface area contributed by atoms with Gasteiger partial charge in [0.1, 0.15) is 11.2 Å². The average molecular weight is 690 g/mol. The molecule has 1 heterocycles. The Kier molecular flexibility index (Phi) is 7.85. The Morgan fingerprint density at radius 1 is 0.278 bits per heavy atom. The molecule has 0 aliphatic rings. The summed E-state index contributed by atoms with van der Waals surface area (Å²) in [5.41, 5.74) is 14.7. The largest absolute Gasteiger partial charge is 0.456 e. The molecule has 0 saturated carbocycles. The number of nitrogens with zero attached hydrogens (tertiary/aromatic N) is 1. The third kappa shape index (κ3) is 5.71. The number of fused-ring (bicyclic) bond motifs is 4. The Morgan fingerprint density at radius 3 is 1.43 bits per heavy atom. The molecule has 0 N–H and O–H groups in total. The van der Waals surface area contributed by atoms with Gasteiger partial charge in [-0.3, -0.25) is 0 Å². The summed E-state index contributed by atoms with van der Waals surface area (Å²) in [4.78, 5) is 2.39. The van der Waals surface area contributed by atoms with E-state index in [-0.39, 0.29) is 0 Å². The highest BCUT2D eigenvalue weighted by Gasteiger charge is 2.18. The number of benzene rings is 9. The minimum absolute atomic E-state index is 0.909. The lowest BCUT2D eigenvalue weighted by Crippen LogP contribution is -2.10. The third-order valence-corrected chi connectivity index (χ3v) is 10.5. The van der Waals surface area contributed by atoms with Crippen molar-refractivity contribution in [2.75, 3.05) is 4.90 Å². The van der Waals surface area contributed by atoms with Crippen LogP contribution in [0.5, 0.6) is 0 Å². The van der Waals surface area contributed by atoms with Crippen LogP contribution in [0.3, 0.4) is 0 Å². The van der Waals surface area contributed by atoms with E-state index in [1.807, 2.05) is 12.1 Å². The molecule has 0 spiro atoms. The molecule has 1 aromatic heterocycles. The number of hydrogen-bond acceptors (Lipinski definition) is 2. The Balaban J connectivity index is 1.08. The van der Waals surface area contributed by atoms with Crippen molar-refractivity contribution >= 4 is 49.8 Å². The van der Waals surface area contributed by atoms with Gasteiger partial charge in [0, 0.05) is 27.5 Å². The van der Waals surface area contributed by atoms with E-state index in [1.54, 1.807) is 0 Å². The molecule has 0 unspecified atom stereocenters.